The Morgan fingerprint density at radius 1 is 0.939 bits per heavy atom. The van der Waals surface area contributed by atoms with Crippen LogP contribution in [0.4, 0.5) is 11.4 Å². The Morgan fingerprint density at radius 3 is 2.24 bits per heavy atom. The van der Waals surface area contributed by atoms with Gasteiger partial charge in [-0.1, -0.05) is 17.7 Å². The second-order valence-electron chi connectivity index (χ2n) is 9.30. The third kappa shape index (κ3) is 6.64. The van der Waals surface area contributed by atoms with Crippen LogP contribution in [-0.4, -0.2) is 74.7 Å². The average molecular weight is 451 g/mol. The van der Waals surface area contributed by atoms with E-state index < -0.39 is 0 Å². The minimum Gasteiger partial charge on any atom is -0.497 e. The highest BCUT2D eigenvalue weighted by Gasteiger charge is 2.23. The molecule has 6 heteroatoms. The zero-order chi connectivity index (χ0) is 23.0. The quantitative estimate of drug-likeness (QED) is 0.659. The monoisotopic (exact) mass is 450 g/mol. The number of amides is 1. The molecule has 2 fully saturated rings. The predicted molar refractivity (Wildman–Crippen MR) is 135 cm³/mol. The highest BCUT2D eigenvalue weighted by Crippen LogP contribution is 2.21. The Labute approximate surface area is 198 Å². The van der Waals surface area contributed by atoms with Gasteiger partial charge in [0.05, 0.1) is 7.11 Å². The molecule has 2 heterocycles. The number of hydrogen-bond acceptors (Lipinski definition) is 5. The van der Waals surface area contributed by atoms with E-state index in [1.165, 1.54) is 11.3 Å². The lowest BCUT2D eigenvalue weighted by molar-refractivity contribution is -0.132. The topological polar surface area (TPSA) is 48.1 Å². The van der Waals surface area contributed by atoms with Crippen molar-refractivity contribution in [3.05, 3.63) is 54.1 Å². The van der Waals surface area contributed by atoms with Crippen molar-refractivity contribution in [1.82, 2.24) is 9.80 Å². The highest BCUT2D eigenvalue weighted by molar-refractivity contribution is 5.76. The van der Waals surface area contributed by atoms with Crippen LogP contribution in [0.1, 0.15) is 31.2 Å². The zero-order valence-electron chi connectivity index (χ0n) is 20.1. The van der Waals surface area contributed by atoms with E-state index >= 15 is 0 Å². The molecule has 1 amide bonds. The van der Waals surface area contributed by atoms with Gasteiger partial charge < -0.3 is 19.9 Å². The summed E-state index contributed by atoms with van der Waals surface area (Å²) in [5.74, 6) is 1.19. The number of methoxy groups -OCH3 is 1. The van der Waals surface area contributed by atoms with Crippen LogP contribution >= 0.6 is 0 Å². The number of rotatable bonds is 8. The van der Waals surface area contributed by atoms with E-state index in [1.54, 1.807) is 7.11 Å². The average Bonchev–Trinajstić information content (AvgIpc) is 2.86. The molecule has 0 bridgehead atoms. The number of carbonyl (C=O) groups excluding carboxylic acids is 1. The number of carbonyl (C=O) groups is 1. The van der Waals surface area contributed by atoms with Crippen LogP contribution in [0.15, 0.2) is 48.5 Å². The maximum Gasteiger partial charge on any atom is 0.222 e. The Morgan fingerprint density at radius 2 is 1.61 bits per heavy atom. The molecule has 4 rings (SSSR count). The van der Waals surface area contributed by atoms with Crippen molar-refractivity contribution in [2.24, 2.45) is 0 Å². The first kappa shape index (κ1) is 23.4. The van der Waals surface area contributed by atoms with E-state index in [4.69, 9.17) is 4.74 Å². The maximum absolute atomic E-state index is 12.7. The molecule has 0 radical (unpaired) electrons. The van der Waals surface area contributed by atoms with Gasteiger partial charge in [-0.15, -0.1) is 0 Å². The fourth-order valence-corrected chi connectivity index (χ4v) is 4.79. The van der Waals surface area contributed by atoms with Gasteiger partial charge in [0.25, 0.3) is 0 Å². The predicted octanol–water partition coefficient (Wildman–Crippen LogP) is 4.01. The van der Waals surface area contributed by atoms with Crippen molar-refractivity contribution < 1.29 is 9.53 Å². The number of nitrogens with one attached hydrogen (secondary N) is 1. The molecule has 0 unspecified atom stereocenters. The molecule has 2 aliphatic rings. The Balaban J connectivity index is 1.11. The molecule has 0 aromatic heterocycles. The first-order valence-corrected chi connectivity index (χ1v) is 12.3. The van der Waals surface area contributed by atoms with Crippen molar-refractivity contribution in [1.29, 1.82) is 0 Å². The molecule has 6 nitrogen and oxygen atoms in total. The third-order valence-corrected chi connectivity index (χ3v) is 6.94. The summed E-state index contributed by atoms with van der Waals surface area (Å²) in [4.78, 5) is 19.7. The SMILES string of the molecule is COc1ccc(NC2CCN(C(=O)CCCN3CCN(c4ccc(C)cc4)CC3)CC2)cc1. The summed E-state index contributed by atoms with van der Waals surface area (Å²) in [6.07, 6.45) is 3.61. The number of aryl methyl sites for hydroxylation is 1. The van der Waals surface area contributed by atoms with Crippen LogP contribution in [0, 0.1) is 6.92 Å². The number of anilines is 2. The smallest absolute Gasteiger partial charge is 0.222 e. The highest BCUT2D eigenvalue weighted by atomic mass is 16.5. The van der Waals surface area contributed by atoms with E-state index in [-0.39, 0.29) is 0 Å². The van der Waals surface area contributed by atoms with Gasteiger partial charge in [0.2, 0.25) is 5.91 Å². The van der Waals surface area contributed by atoms with Gasteiger partial charge >= 0.3 is 0 Å². The summed E-state index contributed by atoms with van der Waals surface area (Å²) in [5.41, 5.74) is 3.74. The largest absolute Gasteiger partial charge is 0.497 e. The summed E-state index contributed by atoms with van der Waals surface area (Å²) < 4.78 is 5.22. The lowest BCUT2D eigenvalue weighted by Gasteiger charge is -2.36. The molecule has 0 spiro atoms. The van der Waals surface area contributed by atoms with E-state index in [9.17, 15) is 4.79 Å². The lowest BCUT2D eigenvalue weighted by atomic mass is 10.0. The van der Waals surface area contributed by atoms with Crippen LogP contribution < -0.4 is 15.0 Å². The molecule has 33 heavy (non-hydrogen) atoms. The van der Waals surface area contributed by atoms with Gasteiger partial charge in [0.1, 0.15) is 5.75 Å². The number of piperidine rings is 1. The second kappa shape index (κ2) is 11.4. The first-order chi connectivity index (χ1) is 16.1. The van der Waals surface area contributed by atoms with Crippen LogP contribution in [0.2, 0.25) is 0 Å². The molecular weight excluding hydrogens is 412 g/mol. The van der Waals surface area contributed by atoms with E-state index in [2.05, 4.69) is 63.3 Å². The molecule has 2 saturated heterocycles. The summed E-state index contributed by atoms with van der Waals surface area (Å²) >= 11 is 0. The Bertz CT molecular complexity index is 868. The van der Waals surface area contributed by atoms with Gasteiger partial charge in [0.15, 0.2) is 0 Å². The minimum absolute atomic E-state index is 0.316. The molecule has 2 aromatic carbocycles. The number of ether oxygens (including phenoxy) is 1. The zero-order valence-corrected chi connectivity index (χ0v) is 20.1. The van der Waals surface area contributed by atoms with Crippen molar-refractivity contribution in [3.8, 4) is 5.75 Å². The van der Waals surface area contributed by atoms with Crippen LogP contribution in [-0.2, 0) is 4.79 Å². The van der Waals surface area contributed by atoms with Crippen LogP contribution in [0.3, 0.4) is 0 Å². The van der Waals surface area contributed by atoms with E-state index in [0.29, 0.717) is 18.4 Å². The Kier molecular flexibility index (Phi) is 8.10. The normalized spacial score (nSPS) is 17.8. The number of hydrogen-bond donors (Lipinski definition) is 1. The minimum atomic E-state index is 0.316. The lowest BCUT2D eigenvalue weighted by Crippen LogP contribution is -2.47. The van der Waals surface area contributed by atoms with Crippen LogP contribution in [0.5, 0.6) is 5.75 Å². The van der Waals surface area contributed by atoms with Crippen LogP contribution in [0.25, 0.3) is 0 Å². The van der Waals surface area contributed by atoms with Gasteiger partial charge in [-0.2, -0.15) is 0 Å². The molecular formula is C27H38N4O2. The standard InChI is InChI=1S/C27H38N4O2/c1-22-5-9-25(10-6-22)30-20-18-29(19-21-30)15-3-4-27(32)31-16-13-24(14-17-31)28-23-7-11-26(33-2)12-8-23/h5-12,24,28H,3-4,13-21H2,1-2H3. The molecule has 2 aromatic rings. The summed E-state index contributed by atoms with van der Waals surface area (Å²) in [5, 5.41) is 3.59. The summed E-state index contributed by atoms with van der Waals surface area (Å²) in [7, 11) is 1.68. The number of nitrogens with zero attached hydrogens (tertiary/aromatic N) is 3. The van der Waals surface area contributed by atoms with E-state index in [1.807, 2.05) is 12.1 Å². The Hall–Kier alpha value is -2.73. The first-order valence-electron chi connectivity index (χ1n) is 12.3. The van der Waals surface area contributed by atoms with Crippen molar-refractivity contribution in [3.63, 3.8) is 0 Å². The fourth-order valence-electron chi connectivity index (χ4n) is 4.79. The van der Waals surface area contributed by atoms with Gasteiger partial charge in [0, 0.05) is 63.1 Å². The maximum atomic E-state index is 12.7. The van der Waals surface area contributed by atoms with E-state index in [0.717, 1.165) is 76.5 Å². The molecule has 2 aliphatic heterocycles. The molecule has 1 N–H and O–H groups in total. The summed E-state index contributed by atoms with van der Waals surface area (Å²) in [6, 6.07) is 17.3. The number of piperazine rings is 1. The second-order valence-corrected chi connectivity index (χ2v) is 9.30. The third-order valence-electron chi connectivity index (χ3n) is 6.94. The molecule has 0 saturated carbocycles. The molecule has 0 atom stereocenters. The van der Waals surface area contributed by atoms with Crippen molar-refractivity contribution >= 4 is 17.3 Å². The fraction of sp³-hybridized carbons (Fsp3) is 0.519. The van der Waals surface area contributed by atoms with Gasteiger partial charge in [-0.3, -0.25) is 9.69 Å². The van der Waals surface area contributed by atoms with Crippen molar-refractivity contribution in [2.75, 3.05) is 63.1 Å². The number of likely N-dealkylation sites (tertiary alicyclic amines) is 1. The van der Waals surface area contributed by atoms with Gasteiger partial charge in [-0.05, 0) is 69.1 Å². The van der Waals surface area contributed by atoms with Crippen molar-refractivity contribution in [2.45, 2.75) is 38.6 Å². The number of benzene rings is 2. The molecule has 0 aliphatic carbocycles. The summed E-state index contributed by atoms with van der Waals surface area (Å²) in [6.45, 7) is 9.11. The van der Waals surface area contributed by atoms with Gasteiger partial charge in [-0.25, -0.2) is 0 Å². The molecule has 178 valence electrons.